The standard InChI is InChI=1S/C19H13FO2/c20-19(21)16-11-5-7-13-18(16)22-17-12-6-4-10-15(17)14-8-2-1-3-9-14/h1-13H. The Hall–Kier alpha value is -2.94. The van der Waals surface area contributed by atoms with Crippen molar-refractivity contribution in [3.8, 4) is 22.6 Å². The monoisotopic (exact) mass is 292 g/mol. The molecule has 0 amide bonds. The first-order valence-corrected chi connectivity index (χ1v) is 6.87. The Kier molecular flexibility index (Phi) is 3.97. The van der Waals surface area contributed by atoms with E-state index in [1.165, 1.54) is 6.07 Å². The number of ether oxygens (including phenoxy) is 1. The molecule has 3 rings (SSSR count). The maximum atomic E-state index is 13.1. The van der Waals surface area contributed by atoms with Crippen molar-refractivity contribution in [2.75, 3.05) is 0 Å². The number of para-hydroxylation sites is 2. The molecule has 0 saturated heterocycles. The number of carbonyl (C=O) groups is 1. The van der Waals surface area contributed by atoms with E-state index < -0.39 is 6.04 Å². The van der Waals surface area contributed by atoms with Gasteiger partial charge in [-0.15, -0.1) is 0 Å². The molecule has 0 N–H and O–H groups in total. The van der Waals surface area contributed by atoms with Crippen molar-refractivity contribution in [1.82, 2.24) is 0 Å². The second kappa shape index (κ2) is 6.22. The summed E-state index contributed by atoms with van der Waals surface area (Å²) in [6.45, 7) is 0. The molecule has 0 aliphatic rings. The lowest BCUT2D eigenvalue weighted by Crippen LogP contribution is -1.96. The smallest absolute Gasteiger partial charge is 0.335 e. The summed E-state index contributed by atoms with van der Waals surface area (Å²) in [5.74, 6) is 0.779. The fraction of sp³-hybridized carbons (Fsp3) is 0. The number of benzene rings is 3. The Bertz CT molecular complexity index is 797. The Morgan fingerprint density at radius 2 is 1.32 bits per heavy atom. The minimum atomic E-state index is -1.51. The van der Waals surface area contributed by atoms with Gasteiger partial charge < -0.3 is 4.74 Å². The predicted octanol–water partition coefficient (Wildman–Crippen LogP) is 5.26. The summed E-state index contributed by atoms with van der Waals surface area (Å²) in [6, 6.07) is 22.0. The van der Waals surface area contributed by atoms with Crippen LogP contribution < -0.4 is 4.74 Å². The van der Waals surface area contributed by atoms with Crippen LogP contribution in [0.3, 0.4) is 0 Å². The van der Waals surface area contributed by atoms with Crippen LogP contribution in [0.2, 0.25) is 0 Å². The highest BCUT2D eigenvalue weighted by molar-refractivity contribution is 5.91. The van der Waals surface area contributed by atoms with Gasteiger partial charge in [0, 0.05) is 5.56 Å². The first kappa shape index (κ1) is 14.0. The minimum Gasteiger partial charge on any atom is -0.456 e. The van der Waals surface area contributed by atoms with Gasteiger partial charge in [-0.05, 0) is 23.8 Å². The molecular weight excluding hydrogens is 279 g/mol. The van der Waals surface area contributed by atoms with Gasteiger partial charge in [-0.2, -0.15) is 4.39 Å². The number of rotatable bonds is 4. The van der Waals surface area contributed by atoms with E-state index in [0.717, 1.165) is 11.1 Å². The highest BCUT2D eigenvalue weighted by Gasteiger charge is 2.13. The molecule has 3 aromatic rings. The molecule has 0 fully saturated rings. The summed E-state index contributed by atoms with van der Waals surface area (Å²) in [5, 5.41) is 0. The highest BCUT2D eigenvalue weighted by atomic mass is 19.1. The third-order valence-electron chi connectivity index (χ3n) is 3.29. The van der Waals surface area contributed by atoms with Crippen LogP contribution in [-0.2, 0) is 0 Å². The molecule has 2 nitrogen and oxygen atoms in total. The quantitative estimate of drug-likeness (QED) is 0.613. The number of halogens is 1. The van der Waals surface area contributed by atoms with Crippen LogP contribution in [0.15, 0.2) is 78.9 Å². The van der Waals surface area contributed by atoms with Gasteiger partial charge in [-0.25, -0.2) is 0 Å². The molecule has 3 aromatic carbocycles. The lowest BCUT2D eigenvalue weighted by atomic mass is 10.0. The van der Waals surface area contributed by atoms with E-state index in [0.29, 0.717) is 5.75 Å². The summed E-state index contributed by atoms with van der Waals surface area (Å²) in [7, 11) is 0. The topological polar surface area (TPSA) is 26.3 Å². The lowest BCUT2D eigenvalue weighted by Gasteiger charge is -2.12. The average molecular weight is 292 g/mol. The van der Waals surface area contributed by atoms with Gasteiger partial charge in [-0.1, -0.05) is 60.7 Å². The SMILES string of the molecule is O=C(F)c1ccccc1Oc1ccccc1-c1ccccc1. The molecule has 0 aliphatic carbocycles. The molecule has 0 heterocycles. The average Bonchev–Trinajstić information content (AvgIpc) is 2.56. The molecule has 0 unspecified atom stereocenters. The van der Waals surface area contributed by atoms with Gasteiger partial charge in [-0.3, -0.25) is 4.79 Å². The predicted molar refractivity (Wildman–Crippen MR) is 83.8 cm³/mol. The third-order valence-corrected chi connectivity index (χ3v) is 3.29. The van der Waals surface area contributed by atoms with E-state index in [9.17, 15) is 9.18 Å². The van der Waals surface area contributed by atoms with Crippen molar-refractivity contribution >= 4 is 6.04 Å². The summed E-state index contributed by atoms with van der Waals surface area (Å²) in [4.78, 5) is 11.1. The molecule has 0 aromatic heterocycles. The molecule has 22 heavy (non-hydrogen) atoms. The van der Waals surface area contributed by atoms with Gasteiger partial charge in [0.05, 0.1) is 5.56 Å². The number of hydrogen-bond donors (Lipinski definition) is 0. The number of carbonyl (C=O) groups excluding carboxylic acids is 1. The van der Waals surface area contributed by atoms with Gasteiger partial charge in [0.15, 0.2) is 0 Å². The number of hydrogen-bond acceptors (Lipinski definition) is 2. The van der Waals surface area contributed by atoms with Crippen LogP contribution in [0, 0.1) is 0 Å². The Morgan fingerprint density at radius 3 is 2.05 bits per heavy atom. The largest absolute Gasteiger partial charge is 0.456 e. The van der Waals surface area contributed by atoms with Crippen LogP contribution in [0.5, 0.6) is 11.5 Å². The molecule has 0 radical (unpaired) electrons. The Balaban J connectivity index is 2.03. The van der Waals surface area contributed by atoms with Crippen LogP contribution in [0.4, 0.5) is 4.39 Å². The fourth-order valence-corrected chi connectivity index (χ4v) is 2.25. The van der Waals surface area contributed by atoms with Crippen molar-refractivity contribution in [1.29, 1.82) is 0 Å². The van der Waals surface area contributed by atoms with Crippen LogP contribution in [0.25, 0.3) is 11.1 Å². The molecule has 0 bridgehead atoms. The molecule has 0 saturated carbocycles. The van der Waals surface area contributed by atoms with E-state index in [4.69, 9.17) is 4.74 Å². The van der Waals surface area contributed by atoms with Crippen molar-refractivity contribution in [2.45, 2.75) is 0 Å². The fourth-order valence-electron chi connectivity index (χ4n) is 2.25. The maximum Gasteiger partial charge on any atom is 0.335 e. The van der Waals surface area contributed by atoms with Gasteiger partial charge in [0.2, 0.25) is 0 Å². The van der Waals surface area contributed by atoms with Gasteiger partial charge in [0.1, 0.15) is 11.5 Å². The van der Waals surface area contributed by atoms with Gasteiger partial charge in [0.25, 0.3) is 0 Å². The summed E-state index contributed by atoms with van der Waals surface area (Å²) in [5.41, 5.74) is 1.79. The van der Waals surface area contributed by atoms with Crippen molar-refractivity contribution in [2.24, 2.45) is 0 Å². The maximum absolute atomic E-state index is 13.1. The zero-order valence-electron chi connectivity index (χ0n) is 11.7. The Labute approximate surface area is 127 Å². The molecule has 3 heteroatoms. The van der Waals surface area contributed by atoms with E-state index in [1.807, 2.05) is 48.5 Å². The van der Waals surface area contributed by atoms with E-state index in [-0.39, 0.29) is 11.3 Å². The minimum absolute atomic E-state index is 0.0784. The molecular formula is C19H13FO2. The first-order chi connectivity index (χ1) is 10.8. The molecule has 0 aliphatic heterocycles. The molecule has 0 spiro atoms. The van der Waals surface area contributed by atoms with Crippen molar-refractivity contribution < 1.29 is 13.9 Å². The summed E-state index contributed by atoms with van der Waals surface area (Å²) >= 11 is 0. The van der Waals surface area contributed by atoms with Gasteiger partial charge >= 0.3 is 6.04 Å². The van der Waals surface area contributed by atoms with Crippen LogP contribution in [-0.4, -0.2) is 6.04 Å². The zero-order chi connectivity index (χ0) is 15.4. The third kappa shape index (κ3) is 2.88. The Morgan fingerprint density at radius 1 is 0.727 bits per heavy atom. The lowest BCUT2D eigenvalue weighted by molar-refractivity contribution is 0.0833. The van der Waals surface area contributed by atoms with E-state index in [1.54, 1.807) is 24.3 Å². The van der Waals surface area contributed by atoms with E-state index in [2.05, 4.69) is 0 Å². The zero-order valence-corrected chi connectivity index (χ0v) is 11.7. The van der Waals surface area contributed by atoms with Crippen LogP contribution in [0.1, 0.15) is 10.4 Å². The van der Waals surface area contributed by atoms with Crippen LogP contribution >= 0.6 is 0 Å². The highest BCUT2D eigenvalue weighted by Crippen LogP contribution is 2.34. The van der Waals surface area contributed by atoms with Crippen molar-refractivity contribution in [3.63, 3.8) is 0 Å². The first-order valence-electron chi connectivity index (χ1n) is 6.87. The van der Waals surface area contributed by atoms with E-state index >= 15 is 0 Å². The second-order valence-electron chi connectivity index (χ2n) is 4.73. The summed E-state index contributed by atoms with van der Waals surface area (Å²) in [6.07, 6.45) is 0. The normalized spacial score (nSPS) is 10.2. The second-order valence-corrected chi connectivity index (χ2v) is 4.73. The molecule has 108 valence electrons. The van der Waals surface area contributed by atoms with Crippen molar-refractivity contribution in [3.05, 3.63) is 84.4 Å². The molecule has 0 atom stereocenters. The summed E-state index contributed by atoms with van der Waals surface area (Å²) < 4.78 is 18.9.